The van der Waals surface area contributed by atoms with Crippen molar-refractivity contribution >= 4 is 88.5 Å². The number of thiophene rings is 1. The molecule has 0 atom stereocenters. The van der Waals surface area contributed by atoms with Gasteiger partial charge in [-0.3, -0.25) is 0 Å². The normalized spacial score (nSPS) is 13.8. The lowest BCUT2D eigenvalue weighted by Crippen LogP contribution is -2.61. The first-order chi connectivity index (χ1) is 25.8. The van der Waals surface area contributed by atoms with E-state index in [2.05, 4.69) is 192 Å². The molecule has 0 amide bonds. The summed E-state index contributed by atoms with van der Waals surface area (Å²) >= 11 is 1.90. The number of anilines is 5. The Kier molecular flexibility index (Phi) is 7.14. The smallest absolute Gasteiger partial charge is 0.333 e. The molecular weight excluding hydrogens is 671 g/mol. The zero-order valence-electron chi connectivity index (χ0n) is 32.5. The van der Waals surface area contributed by atoms with Crippen LogP contribution >= 0.6 is 11.3 Å². The van der Waals surface area contributed by atoms with E-state index in [1.54, 1.807) is 0 Å². The van der Waals surface area contributed by atoms with Gasteiger partial charge in [-0.25, -0.2) is 0 Å². The maximum absolute atomic E-state index is 2.65. The van der Waals surface area contributed by atoms with Crippen molar-refractivity contribution in [2.45, 2.75) is 66.2 Å². The molecule has 8 aromatic rings. The van der Waals surface area contributed by atoms with Gasteiger partial charge in [0.15, 0.2) is 0 Å². The molecule has 0 bridgehead atoms. The molecular formula is C50H45BN2S. The zero-order valence-corrected chi connectivity index (χ0v) is 33.3. The molecule has 2 aliphatic heterocycles. The Balaban J connectivity index is 1.34. The van der Waals surface area contributed by atoms with Crippen LogP contribution in [0.2, 0.25) is 0 Å². The molecule has 3 heterocycles. The summed E-state index contributed by atoms with van der Waals surface area (Å²) in [5.74, 6) is 0. The number of aryl methyl sites for hydroxylation is 2. The standard InChI is InChI=1S/C50H45BN2S/c1-30-23-40-38-26-32-13-9-10-14-33(32)27-43(38)53(36-20-17-34(18-21-36)49(3,4)5)51-41-28-39-37-15-11-12-16-46(37)54-47(39)29-44(41)52(45(24-30)48(40)51)42-22-19-35(25-31(42)2)50(6,7)8/h9-29H,1-8H3. The molecule has 4 heteroatoms. The summed E-state index contributed by atoms with van der Waals surface area (Å²) in [6, 6.07) is 49.1. The minimum atomic E-state index is -0.0341. The van der Waals surface area contributed by atoms with Crippen LogP contribution in [0.25, 0.3) is 42.1 Å². The van der Waals surface area contributed by atoms with E-state index < -0.39 is 0 Å². The van der Waals surface area contributed by atoms with Crippen molar-refractivity contribution in [1.82, 2.24) is 0 Å². The van der Waals surface area contributed by atoms with E-state index in [4.69, 9.17) is 0 Å². The minimum absolute atomic E-state index is 0.0341. The van der Waals surface area contributed by atoms with Crippen molar-refractivity contribution in [3.63, 3.8) is 0 Å². The minimum Gasteiger partial charge on any atom is -0.376 e. The van der Waals surface area contributed by atoms with Gasteiger partial charge in [0.2, 0.25) is 0 Å². The van der Waals surface area contributed by atoms with Crippen molar-refractivity contribution < 1.29 is 0 Å². The summed E-state index contributed by atoms with van der Waals surface area (Å²) in [5.41, 5.74) is 16.9. The van der Waals surface area contributed by atoms with Crippen molar-refractivity contribution in [1.29, 1.82) is 0 Å². The largest absolute Gasteiger partial charge is 0.376 e. The van der Waals surface area contributed by atoms with Gasteiger partial charge in [-0.05, 0) is 123 Å². The average molecular weight is 717 g/mol. The lowest BCUT2D eigenvalue weighted by molar-refractivity contribution is 0.589. The lowest BCUT2D eigenvalue weighted by Gasteiger charge is -2.46. The summed E-state index contributed by atoms with van der Waals surface area (Å²) < 4.78 is 2.65. The molecule has 54 heavy (non-hydrogen) atoms. The molecule has 2 nitrogen and oxygen atoms in total. The van der Waals surface area contributed by atoms with Gasteiger partial charge in [0.05, 0.1) is 0 Å². The maximum Gasteiger partial charge on any atom is 0.333 e. The molecule has 7 aromatic carbocycles. The first-order valence-electron chi connectivity index (χ1n) is 19.3. The van der Waals surface area contributed by atoms with Crippen molar-refractivity contribution in [2.24, 2.45) is 0 Å². The van der Waals surface area contributed by atoms with Crippen molar-refractivity contribution in [3.05, 3.63) is 150 Å². The highest BCUT2D eigenvalue weighted by Crippen LogP contribution is 2.50. The molecule has 0 aliphatic carbocycles. The van der Waals surface area contributed by atoms with Crippen LogP contribution in [0, 0.1) is 13.8 Å². The Morgan fingerprint density at radius 2 is 1.20 bits per heavy atom. The van der Waals surface area contributed by atoms with Gasteiger partial charge < -0.3 is 9.71 Å². The fraction of sp³-hybridized carbons (Fsp3) is 0.200. The summed E-state index contributed by atoms with van der Waals surface area (Å²) in [5, 5.41) is 5.19. The first-order valence-corrected chi connectivity index (χ1v) is 20.1. The van der Waals surface area contributed by atoms with Gasteiger partial charge in [-0.1, -0.05) is 120 Å². The molecule has 0 radical (unpaired) electrons. The molecule has 0 spiro atoms. The first kappa shape index (κ1) is 33.3. The fourth-order valence-electron chi connectivity index (χ4n) is 9.04. The van der Waals surface area contributed by atoms with Crippen LogP contribution in [0.1, 0.15) is 63.8 Å². The molecule has 2 aliphatic rings. The third-order valence-corrected chi connectivity index (χ3v) is 13.0. The van der Waals surface area contributed by atoms with Crippen LogP contribution in [-0.4, -0.2) is 6.85 Å². The summed E-state index contributed by atoms with van der Waals surface area (Å²) in [7, 11) is 0. The molecule has 264 valence electrons. The van der Waals surface area contributed by atoms with E-state index in [0.717, 1.165) is 0 Å². The molecule has 0 N–H and O–H groups in total. The number of rotatable bonds is 2. The molecule has 0 fully saturated rings. The lowest BCUT2D eigenvalue weighted by atomic mass is 9.43. The third kappa shape index (κ3) is 4.99. The van der Waals surface area contributed by atoms with E-state index in [9.17, 15) is 0 Å². The van der Waals surface area contributed by atoms with E-state index in [-0.39, 0.29) is 17.7 Å². The van der Waals surface area contributed by atoms with Gasteiger partial charge in [0.25, 0.3) is 0 Å². The van der Waals surface area contributed by atoms with Crippen LogP contribution < -0.4 is 20.6 Å². The predicted octanol–water partition coefficient (Wildman–Crippen LogP) is 13.1. The maximum atomic E-state index is 2.65. The van der Waals surface area contributed by atoms with Gasteiger partial charge >= 0.3 is 6.85 Å². The number of nitrogens with zero attached hydrogens (tertiary/aromatic N) is 2. The van der Waals surface area contributed by atoms with E-state index in [1.807, 2.05) is 11.3 Å². The quantitative estimate of drug-likeness (QED) is 0.164. The van der Waals surface area contributed by atoms with Crippen LogP contribution in [0.5, 0.6) is 0 Å². The Hall–Kier alpha value is -5.32. The second kappa shape index (κ2) is 11.6. The van der Waals surface area contributed by atoms with E-state index >= 15 is 0 Å². The molecule has 1 aromatic heterocycles. The molecule has 0 saturated carbocycles. The van der Waals surface area contributed by atoms with E-state index in [0.29, 0.717) is 0 Å². The van der Waals surface area contributed by atoms with Crippen molar-refractivity contribution in [3.8, 4) is 11.1 Å². The Labute approximate surface area is 323 Å². The van der Waals surface area contributed by atoms with Gasteiger partial charge in [0.1, 0.15) is 0 Å². The average Bonchev–Trinajstić information content (AvgIpc) is 3.50. The van der Waals surface area contributed by atoms with Gasteiger partial charge in [0, 0.05) is 54.2 Å². The number of hydrogen-bond donors (Lipinski definition) is 0. The van der Waals surface area contributed by atoms with E-state index in [1.165, 1.54) is 104 Å². The molecule has 10 rings (SSSR count). The van der Waals surface area contributed by atoms with Crippen LogP contribution in [-0.2, 0) is 10.8 Å². The Bertz CT molecular complexity index is 2830. The highest BCUT2D eigenvalue weighted by atomic mass is 32.1. The number of benzene rings is 7. The monoisotopic (exact) mass is 716 g/mol. The Morgan fingerprint density at radius 1 is 0.519 bits per heavy atom. The molecule has 0 unspecified atom stereocenters. The third-order valence-electron chi connectivity index (χ3n) is 11.9. The highest BCUT2D eigenvalue weighted by Gasteiger charge is 2.45. The summed E-state index contributed by atoms with van der Waals surface area (Å²) in [4.78, 5) is 5.25. The Morgan fingerprint density at radius 3 is 1.93 bits per heavy atom. The zero-order chi connectivity index (χ0) is 37.3. The fourth-order valence-corrected chi connectivity index (χ4v) is 10.2. The summed E-state index contributed by atoms with van der Waals surface area (Å²) in [6.07, 6.45) is 0. The van der Waals surface area contributed by atoms with Crippen molar-refractivity contribution in [2.75, 3.05) is 9.71 Å². The van der Waals surface area contributed by atoms with Crippen LogP contribution in [0.15, 0.2) is 127 Å². The highest BCUT2D eigenvalue weighted by molar-refractivity contribution is 7.26. The molecule has 0 saturated heterocycles. The topological polar surface area (TPSA) is 6.48 Å². The van der Waals surface area contributed by atoms with Gasteiger partial charge in [-0.2, -0.15) is 0 Å². The second-order valence-corrected chi connectivity index (χ2v) is 18.7. The number of fused-ring (bicyclic) bond motifs is 8. The van der Waals surface area contributed by atoms with Gasteiger partial charge in [-0.15, -0.1) is 11.3 Å². The number of hydrogen-bond acceptors (Lipinski definition) is 3. The van der Waals surface area contributed by atoms with Crippen LogP contribution in [0.3, 0.4) is 0 Å². The second-order valence-electron chi connectivity index (χ2n) is 17.6. The predicted molar refractivity (Wildman–Crippen MR) is 237 cm³/mol. The summed E-state index contributed by atoms with van der Waals surface area (Å²) in [6.45, 7) is 18.3. The SMILES string of the molecule is Cc1cc2c3c(c1)N(c1ccc(C(C)(C)C)cc1C)c1cc4sc5ccccc5c4cc1B3N(c1ccc(C(C)(C)C)cc1)c1cc3ccccc3cc1-2. The van der Waals surface area contributed by atoms with Crippen LogP contribution in [0.4, 0.5) is 28.4 Å².